The maximum absolute atomic E-state index is 13.1. The molecule has 1 saturated heterocycles. The number of sulfonamides is 1. The lowest BCUT2D eigenvalue weighted by atomic mass is 9.64. The van der Waals surface area contributed by atoms with Crippen molar-refractivity contribution in [3.63, 3.8) is 0 Å². The van der Waals surface area contributed by atoms with E-state index in [1.807, 2.05) is 32.0 Å². The monoisotopic (exact) mass is 396 g/mol. The van der Waals surface area contributed by atoms with Gasteiger partial charge in [-0.15, -0.1) is 0 Å². The topological polar surface area (TPSA) is 40.6 Å². The van der Waals surface area contributed by atoms with E-state index in [0.29, 0.717) is 17.4 Å². The molecule has 5 heteroatoms. The van der Waals surface area contributed by atoms with Gasteiger partial charge in [-0.25, -0.2) is 8.42 Å². The summed E-state index contributed by atoms with van der Waals surface area (Å²) in [6.07, 6.45) is 1.27. The minimum absolute atomic E-state index is 0.477. The SMILES string of the molecule is CC1(C)c2ccccc2S(=O)(=O)N1CCN1C[C@H]2C[C@H](c3ccccc3)[C@H]2C1. The molecule has 3 aliphatic rings. The van der Waals surface area contributed by atoms with Crippen molar-refractivity contribution in [1.29, 1.82) is 0 Å². The highest BCUT2D eigenvalue weighted by molar-refractivity contribution is 7.89. The molecule has 2 aromatic rings. The van der Waals surface area contributed by atoms with Crippen LogP contribution in [0.2, 0.25) is 0 Å². The lowest BCUT2D eigenvalue weighted by molar-refractivity contribution is 0.191. The van der Waals surface area contributed by atoms with Crippen LogP contribution in [0, 0.1) is 11.8 Å². The highest BCUT2D eigenvalue weighted by Gasteiger charge is 2.50. The molecule has 2 aliphatic heterocycles. The normalized spacial score (nSPS) is 30.6. The standard InChI is InChI=1S/C23H28N2O2S/c1-23(2)21-10-6-7-11-22(21)28(26,27)25(23)13-12-24-15-18-14-19(20(18)16-24)17-8-4-3-5-9-17/h3-11,18-20H,12-16H2,1-2H3/t18-,19-,20+/m1/s1. The number of fused-ring (bicyclic) bond motifs is 2. The van der Waals surface area contributed by atoms with Gasteiger partial charge in [0.15, 0.2) is 0 Å². The highest BCUT2D eigenvalue weighted by Crippen LogP contribution is 2.51. The molecule has 4 nitrogen and oxygen atoms in total. The molecule has 0 N–H and O–H groups in total. The maximum Gasteiger partial charge on any atom is 0.244 e. The Morgan fingerprint density at radius 3 is 2.43 bits per heavy atom. The third-order valence-corrected chi connectivity index (χ3v) is 9.36. The van der Waals surface area contributed by atoms with E-state index >= 15 is 0 Å². The van der Waals surface area contributed by atoms with E-state index in [9.17, 15) is 8.42 Å². The Morgan fingerprint density at radius 1 is 0.964 bits per heavy atom. The van der Waals surface area contributed by atoms with Gasteiger partial charge in [-0.2, -0.15) is 4.31 Å². The van der Waals surface area contributed by atoms with Crippen LogP contribution >= 0.6 is 0 Å². The summed E-state index contributed by atoms with van der Waals surface area (Å²) in [5, 5.41) is 0. The summed E-state index contributed by atoms with van der Waals surface area (Å²) < 4.78 is 27.9. The lowest BCUT2D eigenvalue weighted by Gasteiger charge is -2.40. The van der Waals surface area contributed by atoms with Gasteiger partial charge in [0, 0.05) is 26.2 Å². The van der Waals surface area contributed by atoms with E-state index in [0.717, 1.165) is 37.0 Å². The van der Waals surface area contributed by atoms with Crippen LogP contribution in [0.4, 0.5) is 0 Å². The van der Waals surface area contributed by atoms with Crippen LogP contribution in [0.15, 0.2) is 59.5 Å². The first-order valence-electron chi connectivity index (χ1n) is 10.3. The predicted molar refractivity (Wildman–Crippen MR) is 111 cm³/mol. The van der Waals surface area contributed by atoms with Crippen molar-refractivity contribution in [3.05, 3.63) is 65.7 Å². The van der Waals surface area contributed by atoms with E-state index < -0.39 is 15.6 Å². The molecule has 1 aliphatic carbocycles. The molecule has 0 spiro atoms. The predicted octanol–water partition coefficient (Wildman–Crippen LogP) is 3.66. The molecule has 148 valence electrons. The van der Waals surface area contributed by atoms with E-state index in [2.05, 4.69) is 35.2 Å². The Hall–Kier alpha value is -1.69. The van der Waals surface area contributed by atoms with Gasteiger partial charge in [0.25, 0.3) is 0 Å². The van der Waals surface area contributed by atoms with Crippen LogP contribution in [0.3, 0.4) is 0 Å². The number of benzene rings is 2. The van der Waals surface area contributed by atoms with E-state index in [-0.39, 0.29) is 0 Å². The second-order valence-corrected chi connectivity index (χ2v) is 10.9. The fourth-order valence-electron chi connectivity index (χ4n) is 5.65. The number of likely N-dealkylation sites (tertiary alicyclic amines) is 1. The van der Waals surface area contributed by atoms with Gasteiger partial charge in [-0.1, -0.05) is 48.5 Å². The zero-order valence-electron chi connectivity index (χ0n) is 16.6. The van der Waals surface area contributed by atoms with Crippen LogP contribution < -0.4 is 0 Å². The molecular formula is C23H28N2O2S. The zero-order chi connectivity index (χ0) is 19.5. The molecular weight excluding hydrogens is 368 g/mol. The summed E-state index contributed by atoms with van der Waals surface area (Å²) >= 11 is 0. The quantitative estimate of drug-likeness (QED) is 0.792. The molecule has 0 amide bonds. The fraction of sp³-hybridized carbons (Fsp3) is 0.478. The Morgan fingerprint density at radius 2 is 1.68 bits per heavy atom. The van der Waals surface area contributed by atoms with Crippen molar-refractivity contribution in [2.75, 3.05) is 26.2 Å². The second kappa shape index (κ2) is 6.41. The van der Waals surface area contributed by atoms with Gasteiger partial charge in [0.2, 0.25) is 10.0 Å². The van der Waals surface area contributed by atoms with Crippen molar-refractivity contribution in [1.82, 2.24) is 9.21 Å². The Bertz CT molecular complexity index is 987. The Labute approximate surface area is 168 Å². The van der Waals surface area contributed by atoms with Crippen LogP contribution in [0.25, 0.3) is 0 Å². The molecule has 1 saturated carbocycles. The molecule has 2 aromatic carbocycles. The number of rotatable bonds is 4. The number of hydrogen-bond donors (Lipinski definition) is 0. The Balaban J connectivity index is 1.27. The number of nitrogens with zero attached hydrogens (tertiary/aromatic N) is 2. The first kappa shape index (κ1) is 18.3. The van der Waals surface area contributed by atoms with Gasteiger partial charge < -0.3 is 4.90 Å². The minimum atomic E-state index is -3.40. The largest absolute Gasteiger partial charge is 0.301 e. The first-order chi connectivity index (χ1) is 13.4. The Kier molecular flexibility index (Phi) is 4.20. The van der Waals surface area contributed by atoms with Crippen molar-refractivity contribution >= 4 is 10.0 Å². The minimum Gasteiger partial charge on any atom is -0.301 e. The van der Waals surface area contributed by atoms with Crippen molar-refractivity contribution in [2.45, 2.75) is 36.6 Å². The summed E-state index contributed by atoms with van der Waals surface area (Å²) in [5.41, 5.74) is 1.89. The van der Waals surface area contributed by atoms with Gasteiger partial charge >= 0.3 is 0 Å². The summed E-state index contributed by atoms with van der Waals surface area (Å²) in [4.78, 5) is 2.96. The smallest absolute Gasteiger partial charge is 0.244 e. The van der Waals surface area contributed by atoms with Crippen LogP contribution in [-0.2, 0) is 15.6 Å². The molecule has 3 atom stereocenters. The summed E-state index contributed by atoms with van der Waals surface area (Å²) in [7, 11) is -3.40. The van der Waals surface area contributed by atoms with Gasteiger partial charge in [0.1, 0.15) is 0 Å². The second-order valence-electron chi connectivity index (χ2n) is 9.07. The summed E-state index contributed by atoms with van der Waals surface area (Å²) in [5.74, 6) is 2.17. The van der Waals surface area contributed by atoms with Gasteiger partial charge in [-0.05, 0) is 55.2 Å². The third kappa shape index (κ3) is 2.67. The molecule has 0 bridgehead atoms. The molecule has 5 rings (SSSR count). The van der Waals surface area contributed by atoms with Gasteiger partial charge in [0.05, 0.1) is 10.4 Å². The zero-order valence-corrected chi connectivity index (χ0v) is 17.4. The average molecular weight is 397 g/mol. The van der Waals surface area contributed by atoms with Crippen molar-refractivity contribution < 1.29 is 8.42 Å². The first-order valence-corrected chi connectivity index (χ1v) is 11.7. The van der Waals surface area contributed by atoms with Crippen LogP contribution in [0.1, 0.15) is 37.3 Å². The van der Waals surface area contributed by atoms with Crippen molar-refractivity contribution in [3.8, 4) is 0 Å². The lowest BCUT2D eigenvalue weighted by Crippen LogP contribution is -2.43. The molecule has 2 fully saturated rings. The molecule has 0 unspecified atom stereocenters. The molecule has 28 heavy (non-hydrogen) atoms. The van der Waals surface area contributed by atoms with Gasteiger partial charge in [-0.3, -0.25) is 0 Å². The highest BCUT2D eigenvalue weighted by atomic mass is 32.2. The van der Waals surface area contributed by atoms with E-state index in [1.54, 1.807) is 10.4 Å². The van der Waals surface area contributed by atoms with Crippen molar-refractivity contribution in [2.24, 2.45) is 11.8 Å². The molecule has 0 aromatic heterocycles. The van der Waals surface area contributed by atoms with Crippen LogP contribution in [0.5, 0.6) is 0 Å². The van der Waals surface area contributed by atoms with E-state index in [4.69, 9.17) is 0 Å². The summed E-state index contributed by atoms with van der Waals surface area (Å²) in [6, 6.07) is 18.3. The summed E-state index contributed by atoms with van der Waals surface area (Å²) in [6.45, 7) is 7.61. The average Bonchev–Trinajstić information content (AvgIpc) is 3.05. The number of hydrogen-bond acceptors (Lipinski definition) is 3. The molecule has 2 heterocycles. The fourth-order valence-corrected chi connectivity index (χ4v) is 7.75. The van der Waals surface area contributed by atoms with E-state index in [1.165, 1.54) is 12.0 Å². The van der Waals surface area contributed by atoms with Crippen LogP contribution in [-0.4, -0.2) is 43.8 Å². The third-order valence-electron chi connectivity index (χ3n) is 7.23. The maximum atomic E-state index is 13.1. The molecule has 0 radical (unpaired) electrons.